The van der Waals surface area contributed by atoms with Gasteiger partial charge in [-0.05, 0) is 25.7 Å². The van der Waals surface area contributed by atoms with E-state index in [-0.39, 0.29) is 12.6 Å². The van der Waals surface area contributed by atoms with E-state index in [1.807, 2.05) is 0 Å². The number of ether oxygens (including phenoxy) is 1. The van der Waals surface area contributed by atoms with Crippen LogP contribution in [0.15, 0.2) is 0 Å². The molecule has 0 aliphatic heterocycles. The molecule has 100 valence electrons. The van der Waals surface area contributed by atoms with E-state index in [1.165, 1.54) is 7.11 Å². The second-order valence-corrected chi connectivity index (χ2v) is 7.30. The zero-order valence-electron chi connectivity index (χ0n) is 10.2. The number of sulfonamides is 1. The van der Waals surface area contributed by atoms with Gasteiger partial charge in [0.25, 0.3) is 0 Å². The number of methoxy groups -OCH3 is 1. The Bertz CT molecular complexity index is 364. The van der Waals surface area contributed by atoms with Crippen LogP contribution in [0.1, 0.15) is 38.5 Å². The number of aliphatic hydroxyl groups is 1. The Morgan fingerprint density at radius 2 is 2.00 bits per heavy atom. The van der Waals surface area contributed by atoms with E-state index < -0.39 is 20.9 Å². The minimum Gasteiger partial charge on any atom is -0.391 e. The van der Waals surface area contributed by atoms with E-state index >= 15 is 0 Å². The van der Waals surface area contributed by atoms with Gasteiger partial charge in [0.1, 0.15) is 4.75 Å². The first-order valence-electron chi connectivity index (χ1n) is 6.20. The highest BCUT2D eigenvalue weighted by molar-refractivity contribution is 7.91. The van der Waals surface area contributed by atoms with Gasteiger partial charge in [-0.3, -0.25) is 0 Å². The van der Waals surface area contributed by atoms with Crippen molar-refractivity contribution in [1.29, 1.82) is 0 Å². The lowest BCUT2D eigenvalue weighted by Gasteiger charge is -2.29. The fourth-order valence-electron chi connectivity index (χ4n) is 2.47. The summed E-state index contributed by atoms with van der Waals surface area (Å²) in [6.45, 7) is 0.241. The van der Waals surface area contributed by atoms with Crippen LogP contribution in [0.5, 0.6) is 0 Å². The summed E-state index contributed by atoms with van der Waals surface area (Å²) < 4.78 is 31.4. The standard InChI is InChI=1S/C11H21NO4S/c1-16-8-11(6-7-11)17(14,15)12-9-4-2-3-5-10(9)13/h9-10,12-13H,2-8H2,1H3/t9-,10-/m0/s1. The first-order valence-corrected chi connectivity index (χ1v) is 7.68. The zero-order valence-corrected chi connectivity index (χ0v) is 11.0. The molecule has 0 radical (unpaired) electrons. The van der Waals surface area contributed by atoms with Gasteiger partial charge < -0.3 is 9.84 Å². The van der Waals surface area contributed by atoms with Crippen LogP contribution < -0.4 is 4.72 Å². The van der Waals surface area contributed by atoms with Gasteiger partial charge >= 0.3 is 0 Å². The molecule has 0 bridgehead atoms. The predicted octanol–water partition coefficient (Wildman–Crippen LogP) is 0.388. The zero-order chi connectivity index (χ0) is 12.5. The summed E-state index contributed by atoms with van der Waals surface area (Å²) in [5.74, 6) is 0. The van der Waals surface area contributed by atoms with Gasteiger partial charge in [-0.1, -0.05) is 12.8 Å². The molecule has 2 aliphatic rings. The summed E-state index contributed by atoms with van der Waals surface area (Å²) in [6, 6.07) is -0.317. The van der Waals surface area contributed by atoms with Crippen LogP contribution in [0.2, 0.25) is 0 Å². The Morgan fingerprint density at radius 1 is 1.35 bits per heavy atom. The lowest BCUT2D eigenvalue weighted by molar-refractivity contribution is 0.101. The van der Waals surface area contributed by atoms with Crippen molar-refractivity contribution in [2.45, 2.75) is 55.4 Å². The van der Waals surface area contributed by atoms with Crippen LogP contribution in [-0.4, -0.2) is 44.1 Å². The van der Waals surface area contributed by atoms with Gasteiger partial charge in [-0.15, -0.1) is 0 Å². The molecular formula is C11H21NO4S. The van der Waals surface area contributed by atoms with Gasteiger partial charge in [0.2, 0.25) is 10.0 Å². The minimum atomic E-state index is -3.38. The second kappa shape index (κ2) is 4.84. The normalized spacial score (nSPS) is 32.4. The molecule has 0 spiro atoms. The summed E-state index contributed by atoms with van der Waals surface area (Å²) >= 11 is 0. The highest BCUT2D eigenvalue weighted by Crippen LogP contribution is 2.43. The van der Waals surface area contributed by atoms with Crippen molar-refractivity contribution in [3.63, 3.8) is 0 Å². The van der Waals surface area contributed by atoms with Crippen molar-refractivity contribution in [2.75, 3.05) is 13.7 Å². The average Bonchev–Trinajstić information content (AvgIpc) is 3.03. The van der Waals surface area contributed by atoms with Gasteiger partial charge in [-0.25, -0.2) is 13.1 Å². The van der Waals surface area contributed by atoms with Crippen LogP contribution in [0.25, 0.3) is 0 Å². The molecule has 0 aromatic heterocycles. The maximum absolute atomic E-state index is 12.2. The van der Waals surface area contributed by atoms with Crippen LogP contribution in [0, 0.1) is 0 Å². The third-order valence-corrected chi connectivity index (χ3v) is 6.10. The molecule has 0 saturated heterocycles. The van der Waals surface area contributed by atoms with Gasteiger partial charge in [0.05, 0.1) is 12.7 Å². The molecule has 0 heterocycles. The molecular weight excluding hydrogens is 242 g/mol. The lowest BCUT2D eigenvalue weighted by atomic mass is 9.93. The molecule has 6 heteroatoms. The fraction of sp³-hybridized carbons (Fsp3) is 1.00. The molecule has 5 nitrogen and oxygen atoms in total. The Hall–Kier alpha value is -0.170. The first-order chi connectivity index (χ1) is 8.01. The summed E-state index contributed by atoms with van der Waals surface area (Å²) in [6.07, 6.45) is 4.12. The van der Waals surface area contributed by atoms with Gasteiger partial charge in [0, 0.05) is 13.2 Å². The molecule has 0 amide bonds. The molecule has 2 rings (SSSR count). The third-order valence-electron chi connectivity index (χ3n) is 3.82. The lowest BCUT2D eigenvalue weighted by Crippen LogP contribution is -2.50. The monoisotopic (exact) mass is 263 g/mol. The largest absolute Gasteiger partial charge is 0.391 e. The van der Waals surface area contributed by atoms with Crippen LogP contribution in [-0.2, 0) is 14.8 Å². The number of hydrogen-bond acceptors (Lipinski definition) is 4. The molecule has 2 saturated carbocycles. The van der Waals surface area contributed by atoms with Crippen LogP contribution >= 0.6 is 0 Å². The maximum atomic E-state index is 12.2. The Kier molecular flexibility index (Phi) is 3.77. The number of aliphatic hydroxyl groups excluding tert-OH is 1. The third kappa shape index (κ3) is 2.65. The molecule has 0 aromatic rings. The van der Waals surface area contributed by atoms with Crippen LogP contribution in [0.4, 0.5) is 0 Å². The number of rotatable bonds is 5. The Labute approximate surface area is 103 Å². The predicted molar refractivity (Wildman–Crippen MR) is 64.2 cm³/mol. The van der Waals surface area contributed by atoms with Crippen molar-refractivity contribution in [3.05, 3.63) is 0 Å². The SMILES string of the molecule is COCC1(S(=O)(=O)N[C@H]2CCCC[C@@H]2O)CC1. The molecule has 0 aromatic carbocycles. The quantitative estimate of drug-likeness (QED) is 0.752. The average molecular weight is 263 g/mol. The first kappa shape index (κ1) is 13.3. The number of hydrogen-bond donors (Lipinski definition) is 2. The minimum absolute atomic E-state index is 0.241. The fourth-order valence-corrected chi connectivity index (χ4v) is 4.30. The number of nitrogens with one attached hydrogen (secondary N) is 1. The highest BCUT2D eigenvalue weighted by atomic mass is 32.2. The Balaban J connectivity index is 2.02. The van der Waals surface area contributed by atoms with E-state index in [9.17, 15) is 13.5 Å². The Morgan fingerprint density at radius 3 is 2.53 bits per heavy atom. The van der Waals surface area contributed by atoms with Crippen LogP contribution in [0.3, 0.4) is 0 Å². The molecule has 2 aliphatic carbocycles. The smallest absolute Gasteiger partial charge is 0.219 e. The molecule has 2 atom stereocenters. The van der Waals surface area contributed by atoms with Gasteiger partial charge in [0.15, 0.2) is 0 Å². The molecule has 2 fully saturated rings. The summed E-state index contributed by atoms with van der Waals surface area (Å²) in [5.41, 5.74) is 0. The highest BCUT2D eigenvalue weighted by Gasteiger charge is 2.55. The summed E-state index contributed by atoms with van der Waals surface area (Å²) in [5, 5.41) is 9.79. The van der Waals surface area contributed by atoms with E-state index in [1.54, 1.807) is 0 Å². The van der Waals surface area contributed by atoms with Crippen molar-refractivity contribution < 1.29 is 18.3 Å². The molecule has 2 N–H and O–H groups in total. The topological polar surface area (TPSA) is 75.6 Å². The van der Waals surface area contributed by atoms with Crippen molar-refractivity contribution in [1.82, 2.24) is 4.72 Å². The van der Waals surface area contributed by atoms with E-state index in [0.29, 0.717) is 19.3 Å². The summed E-state index contributed by atoms with van der Waals surface area (Å²) in [7, 11) is -1.86. The van der Waals surface area contributed by atoms with Crippen molar-refractivity contribution >= 4 is 10.0 Å². The summed E-state index contributed by atoms with van der Waals surface area (Å²) in [4.78, 5) is 0. The van der Waals surface area contributed by atoms with Gasteiger partial charge in [-0.2, -0.15) is 0 Å². The van der Waals surface area contributed by atoms with E-state index in [0.717, 1.165) is 19.3 Å². The molecule has 17 heavy (non-hydrogen) atoms. The van der Waals surface area contributed by atoms with Crippen molar-refractivity contribution in [2.24, 2.45) is 0 Å². The van der Waals surface area contributed by atoms with E-state index in [2.05, 4.69) is 4.72 Å². The molecule has 0 unspecified atom stereocenters. The van der Waals surface area contributed by atoms with E-state index in [4.69, 9.17) is 4.74 Å². The van der Waals surface area contributed by atoms with Crippen molar-refractivity contribution in [3.8, 4) is 0 Å². The second-order valence-electron chi connectivity index (χ2n) is 5.20. The maximum Gasteiger partial charge on any atom is 0.219 e.